The quantitative estimate of drug-likeness (QED) is 0.692. The van der Waals surface area contributed by atoms with Gasteiger partial charge in [0.25, 0.3) is 5.91 Å². The number of rotatable bonds is 4. The monoisotopic (exact) mass is 291 g/mol. The maximum Gasteiger partial charge on any atom is 0.341 e. The molecule has 0 atom stereocenters. The molecule has 0 saturated heterocycles. The first-order valence-electron chi connectivity index (χ1n) is 5.75. The van der Waals surface area contributed by atoms with Crippen LogP contribution in [0.5, 0.6) is 0 Å². The largest absolute Gasteiger partial charge is 0.471 e. The molecule has 1 N–H and O–H groups in total. The molecule has 0 aliphatic carbocycles. The van der Waals surface area contributed by atoms with Crippen LogP contribution in [0.1, 0.15) is 20.7 Å². The van der Waals surface area contributed by atoms with Gasteiger partial charge in [-0.3, -0.25) is 4.79 Å². The number of carbonyl (C=O) groups excluding carboxylic acids is 2. The van der Waals surface area contributed by atoms with Crippen LogP contribution in [0.4, 0.5) is 5.69 Å². The number of anilines is 1. The van der Waals surface area contributed by atoms with E-state index in [1.165, 1.54) is 19.6 Å². The van der Waals surface area contributed by atoms with E-state index in [9.17, 15) is 9.59 Å². The van der Waals surface area contributed by atoms with E-state index in [1.54, 1.807) is 17.8 Å². The molecule has 6 heteroatoms. The first-order valence-corrected chi connectivity index (χ1v) is 6.98. The lowest BCUT2D eigenvalue weighted by atomic mass is 10.2. The molecular weight excluding hydrogens is 278 g/mol. The lowest BCUT2D eigenvalue weighted by Gasteiger charge is -2.06. The molecule has 20 heavy (non-hydrogen) atoms. The second kappa shape index (κ2) is 6.29. The number of benzene rings is 1. The van der Waals surface area contributed by atoms with Crippen molar-refractivity contribution in [2.45, 2.75) is 4.90 Å². The number of furan rings is 1. The Morgan fingerprint density at radius 3 is 2.70 bits per heavy atom. The topological polar surface area (TPSA) is 68.5 Å². The molecule has 0 aliphatic rings. The summed E-state index contributed by atoms with van der Waals surface area (Å²) in [7, 11) is 1.25. The van der Waals surface area contributed by atoms with Gasteiger partial charge in [0.15, 0.2) is 0 Å². The molecule has 5 nitrogen and oxygen atoms in total. The fourth-order valence-corrected chi connectivity index (χ4v) is 2.10. The highest BCUT2D eigenvalue weighted by atomic mass is 32.2. The smallest absolute Gasteiger partial charge is 0.341 e. The fraction of sp³-hybridized carbons (Fsp3) is 0.143. The third kappa shape index (κ3) is 3.03. The van der Waals surface area contributed by atoms with Gasteiger partial charge < -0.3 is 14.5 Å². The van der Waals surface area contributed by atoms with Crippen molar-refractivity contribution >= 4 is 29.3 Å². The van der Waals surface area contributed by atoms with Crippen molar-refractivity contribution in [2.75, 3.05) is 18.7 Å². The number of nitrogens with one attached hydrogen (secondary N) is 1. The van der Waals surface area contributed by atoms with Crippen LogP contribution in [0.25, 0.3) is 0 Å². The number of esters is 1. The molecule has 2 rings (SSSR count). The Bertz CT molecular complexity index is 636. The maximum absolute atomic E-state index is 12.1. The summed E-state index contributed by atoms with van der Waals surface area (Å²) in [4.78, 5) is 24.6. The third-order valence-corrected chi connectivity index (χ3v) is 3.36. The number of carbonyl (C=O) groups is 2. The molecule has 0 fully saturated rings. The molecule has 0 unspecified atom stereocenters. The molecule has 104 valence electrons. The standard InChI is InChI=1S/C14H13NO4S/c1-18-14(17)12-8-19-7-11(12)13(16)15-9-4-3-5-10(6-9)20-2/h3-8H,1-2H3,(H,15,16). The van der Waals surface area contributed by atoms with Crippen LogP contribution in [0.3, 0.4) is 0 Å². The maximum atomic E-state index is 12.1. The average molecular weight is 291 g/mol. The van der Waals surface area contributed by atoms with Crippen LogP contribution in [0, 0.1) is 0 Å². The Labute approximate surface area is 120 Å². The first kappa shape index (κ1) is 14.2. The number of ether oxygens (including phenoxy) is 1. The van der Waals surface area contributed by atoms with E-state index < -0.39 is 11.9 Å². The van der Waals surface area contributed by atoms with Crippen molar-refractivity contribution in [3.63, 3.8) is 0 Å². The van der Waals surface area contributed by atoms with Crippen molar-refractivity contribution < 1.29 is 18.7 Å². The number of hydrogen-bond donors (Lipinski definition) is 1. The summed E-state index contributed by atoms with van der Waals surface area (Å²) in [5.74, 6) is -1.03. The highest BCUT2D eigenvalue weighted by Crippen LogP contribution is 2.20. The molecule has 0 saturated carbocycles. The van der Waals surface area contributed by atoms with Gasteiger partial charge in [0.05, 0.1) is 12.7 Å². The zero-order valence-electron chi connectivity index (χ0n) is 11.0. The van der Waals surface area contributed by atoms with Gasteiger partial charge in [-0.1, -0.05) is 6.07 Å². The van der Waals surface area contributed by atoms with Crippen molar-refractivity contribution in [1.29, 1.82) is 0 Å². The zero-order chi connectivity index (χ0) is 14.5. The van der Waals surface area contributed by atoms with Gasteiger partial charge in [-0.2, -0.15) is 0 Å². The predicted molar refractivity (Wildman–Crippen MR) is 76.2 cm³/mol. The molecule has 1 aromatic carbocycles. The van der Waals surface area contributed by atoms with Crippen molar-refractivity contribution in [3.05, 3.63) is 47.9 Å². The summed E-state index contributed by atoms with van der Waals surface area (Å²) < 4.78 is 9.50. The van der Waals surface area contributed by atoms with Gasteiger partial charge in [0, 0.05) is 10.6 Å². The third-order valence-electron chi connectivity index (χ3n) is 2.64. The van der Waals surface area contributed by atoms with E-state index in [-0.39, 0.29) is 11.1 Å². The number of hydrogen-bond acceptors (Lipinski definition) is 5. The van der Waals surface area contributed by atoms with Crippen molar-refractivity contribution in [3.8, 4) is 0 Å². The van der Waals surface area contributed by atoms with Crippen LogP contribution >= 0.6 is 11.8 Å². The van der Waals surface area contributed by atoms with E-state index >= 15 is 0 Å². The molecule has 2 aromatic rings. The Morgan fingerprint density at radius 2 is 2.00 bits per heavy atom. The zero-order valence-corrected chi connectivity index (χ0v) is 11.8. The molecule has 1 amide bonds. The summed E-state index contributed by atoms with van der Waals surface area (Å²) in [6.45, 7) is 0. The van der Waals surface area contributed by atoms with E-state index in [2.05, 4.69) is 10.1 Å². The highest BCUT2D eigenvalue weighted by Gasteiger charge is 2.20. The fourth-order valence-electron chi connectivity index (χ4n) is 1.64. The van der Waals surface area contributed by atoms with Gasteiger partial charge in [-0.15, -0.1) is 11.8 Å². The van der Waals surface area contributed by atoms with Crippen molar-refractivity contribution in [1.82, 2.24) is 0 Å². The minimum absolute atomic E-state index is 0.103. The first-order chi connectivity index (χ1) is 9.65. The number of thioether (sulfide) groups is 1. The van der Waals surface area contributed by atoms with Crippen LogP contribution in [-0.2, 0) is 4.74 Å². The lowest BCUT2D eigenvalue weighted by molar-refractivity contribution is 0.0597. The van der Waals surface area contributed by atoms with E-state index in [0.29, 0.717) is 5.69 Å². The lowest BCUT2D eigenvalue weighted by Crippen LogP contribution is -2.15. The molecule has 0 aliphatic heterocycles. The predicted octanol–water partition coefficient (Wildman–Crippen LogP) is 3.04. The van der Waals surface area contributed by atoms with Gasteiger partial charge in [0.2, 0.25) is 0 Å². The van der Waals surface area contributed by atoms with E-state index in [1.807, 2.05) is 24.5 Å². The summed E-state index contributed by atoms with van der Waals surface area (Å²) >= 11 is 1.58. The summed E-state index contributed by atoms with van der Waals surface area (Å²) in [5.41, 5.74) is 0.899. The highest BCUT2D eigenvalue weighted by molar-refractivity contribution is 7.98. The van der Waals surface area contributed by atoms with Crippen LogP contribution in [0.15, 0.2) is 46.1 Å². The minimum Gasteiger partial charge on any atom is -0.471 e. The Balaban J connectivity index is 2.20. The minimum atomic E-state index is -0.609. The van der Waals surface area contributed by atoms with Crippen LogP contribution in [0.2, 0.25) is 0 Å². The molecule has 1 heterocycles. The van der Waals surface area contributed by atoms with Crippen molar-refractivity contribution in [2.24, 2.45) is 0 Å². The summed E-state index contributed by atoms with van der Waals surface area (Å²) in [5, 5.41) is 2.72. The molecule has 0 bridgehead atoms. The van der Waals surface area contributed by atoms with Gasteiger partial charge in [0.1, 0.15) is 18.1 Å². The Hall–Kier alpha value is -2.21. The number of methoxy groups -OCH3 is 1. The van der Waals surface area contributed by atoms with Gasteiger partial charge in [-0.25, -0.2) is 4.79 Å². The Kier molecular flexibility index (Phi) is 4.47. The van der Waals surface area contributed by atoms with Crippen LogP contribution in [-0.4, -0.2) is 25.2 Å². The summed E-state index contributed by atoms with van der Waals surface area (Å²) in [6.07, 6.45) is 4.37. The van der Waals surface area contributed by atoms with Gasteiger partial charge >= 0.3 is 5.97 Å². The van der Waals surface area contributed by atoms with E-state index in [0.717, 1.165) is 4.90 Å². The average Bonchev–Trinajstić information content (AvgIpc) is 2.96. The van der Waals surface area contributed by atoms with Crippen LogP contribution < -0.4 is 5.32 Å². The number of amides is 1. The normalized spacial score (nSPS) is 10.1. The van der Waals surface area contributed by atoms with Gasteiger partial charge in [-0.05, 0) is 24.5 Å². The van der Waals surface area contributed by atoms with E-state index in [4.69, 9.17) is 4.42 Å². The SMILES string of the molecule is COC(=O)c1cocc1C(=O)Nc1cccc(SC)c1. The molecule has 1 aromatic heterocycles. The summed E-state index contributed by atoms with van der Waals surface area (Å²) in [6, 6.07) is 7.41. The molecule has 0 radical (unpaired) electrons. The molecule has 0 spiro atoms. The second-order valence-corrected chi connectivity index (χ2v) is 4.76. The second-order valence-electron chi connectivity index (χ2n) is 3.88. The Morgan fingerprint density at radius 1 is 1.25 bits per heavy atom. The molecular formula is C14H13NO4S.